The number of aliphatic hydroxyl groups is 1. The van der Waals surface area contributed by atoms with Crippen LogP contribution in [0.4, 0.5) is 0 Å². The van der Waals surface area contributed by atoms with E-state index in [4.69, 9.17) is 23.7 Å². The highest BCUT2D eigenvalue weighted by atomic mass is 16.7. The summed E-state index contributed by atoms with van der Waals surface area (Å²) in [5.74, 6) is -17.9. The van der Waals surface area contributed by atoms with E-state index in [1.807, 2.05) is 0 Å². The van der Waals surface area contributed by atoms with Crippen molar-refractivity contribution in [1.29, 1.82) is 0 Å². The van der Waals surface area contributed by atoms with E-state index in [0.717, 1.165) is 0 Å². The van der Waals surface area contributed by atoms with Gasteiger partial charge in [0, 0.05) is 0 Å². The lowest BCUT2D eigenvalue weighted by Crippen LogP contribution is -2.62. The number of carbonyl (C=O) groups excluding carboxylic acids is 4. The Hall–Kier alpha value is -7.72. The second-order valence-corrected chi connectivity index (χ2v) is 11.7. The van der Waals surface area contributed by atoms with Gasteiger partial charge in [-0.1, -0.05) is 0 Å². The highest BCUT2D eigenvalue weighted by molar-refractivity contribution is 5.93. The predicted molar refractivity (Wildman–Crippen MR) is 175 cm³/mol. The molecule has 5 atom stereocenters. The smallest absolute Gasteiger partial charge is 0.340 e. The summed E-state index contributed by atoms with van der Waals surface area (Å²) >= 11 is 0. The van der Waals surface area contributed by atoms with E-state index in [1.165, 1.54) is 0 Å². The number of esters is 4. The molecule has 0 bridgehead atoms. The molecule has 4 aromatic rings. The van der Waals surface area contributed by atoms with Gasteiger partial charge in [-0.05, 0) is 48.5 Å². The number of hydrogen-bond donors (Lipinski definition) is 13. The first-order valence-electron chi connectivity index (χ1n) is 15.4. The molecule has 2 unspecified atom stereocenters. The molecule has 0 aliphatic carbocycles. The number of hydrogen-bond acceptors (Lipinski definition) is 22. The average Bonchev–Trinajstić information content (AvgIpc) is 3.14. The first kappa shape index (κ1) is 39.5. The van der Waals surface area contributed by atoms with Crippen molar-refractivity contribution >= 4 is 23.9 Å². The molecule has 13 N–H and O–H groups in total. The Bertz CT molecular complexity index is 2140. The first-order valence-corrected chi connectivity index (χ1v) is 15.4. The van der Waals surface area contributed by atoms with Crippen LogP contribution in [0.15, 0.2) is 48.5 Å². The maximum Gasteiger partial charge on any atom is 0.340 e. The minimum absolute atomic E-state index is 0.570. The van der Waals surface area contributed by atoms with Gasteiger partial charge in [0.15, 0.2) is 81.2 Å². The van der Waals surface area contributed by atoms with Gasteiger partial charge in [0.1, 0.15) is 18.8 Å². The van der Waals surface area contributed by atoms with Gasteiger partial charge in [-0.15, -0.1) is 0 Å². The van der Waals surface area contributed by atoms with Crippen molar-refractivity contribution in [3.8, 4) is 69.0 Å². The molecule has 5 rings (SSSR count). The maximum atomic E-state index is 13.3. The number of aliphatic hydroxyl groups excluding tert-OH is 1. The Balaban J connectivity index is 1.54. The number of carbonyl (C=O) groups is 4. The fourth-order valence-corrected chi connectivity index (χ4v) is 5.08. The van der Waals surface area contributed by atoms with Gasteiger partial charge in [-0.25, -0.2) is 19.2 Å². The summed E-state index contributed by atoms with van der Waals surface area (Å²) in [5, 5.41) is 129. The summed E-state index contributed by atoms with van der Waals surface area (Å²) in [5.41, 5.74) is -2.60. The highest BCUT2D eigenvalue weighted by Gasteiger charge is 2.52. The zero-order chi connectivity index (χ0) is 41.3. The minimum Gasteiger partial charge on any atom is -0.504 e. The number of aromatic hydroxyl groups is 12. The third-order valence-electron chi connectivity index (χ3n) is 7.93. The van der Waals surface area contributed by atoms with Crippen LogP contribution in [0, 0.1) is 0 Å². The maximum absolute atomic E-state index is 13.3. The van der Waals surface area contributed by atoms with E-state index in [2.05, 4.69) is 0 Å². The summed E-state index contributed by atoms with van der Waals surface area (Å²) in [7, 11) is 0. The Morgan fingerprint density at radius 2 is 0.732 bits per heavy atom. The SMILES string of the molecule is O=C(OCC1O[C@@H](OC(=O)c2cc(O)c(O)c(O)c2)C(OC(=O)c2cc(O)c(O)c(O)c2)[C@@H](O)[C@@H]1OC(=O)c1cc(O)c(O)c(O)c1)c1cc(O)c(O)c(O)c1. The highest BCUT2D eigenvalue weighted by Crippen LogP contribution is 2.40. The second kappa shape index (κ2) is 15.3. The lowest BCUT2D eigenvalue weighted by molar-refractivity contribution is -0.283. The molecule has 0 amide bonds. The largest absolute Gasteiger partial charge is 0.504 e. The van der Waals surface area contributed by atoms with Gasteiger partial charge in [0.2, 0.25) is 6.29 Å². The molecule has 1 saturated heterocycles. The molecule has 0 spiro atoms. The Kier molecular flexibility index (Phi) is 10.8. The molecule has 1 heterocycles. The molecule has 0 aromatic heterocycles. The molecule has 4 aromatic carbocycles. The summed E-state index contributed by atoms with van der Waals surface area (Å²) in [4.78, 5) is 52.6. The zero-order valence-electron chi connectivity index (χ0n) is 27.7. The van der Waals surface area contributed by atoms with E-state index in [1.54, 1.807) is 0 Å². The quantitative estimate of drug-likeness (QED) is 0.0630. The number of ether oxygens (including phenoxy) is 5. The fraction of sp³-hybridized carbons (Fsp3) is 0.176. The van der Waals surface area contributed by atoms with Gasteiger partial charge in [0.25, 0.3) is 0 Å². The van der Waals surface area contributed by atoms with Crippen LogP contribution in [0.25, 0.3) is 0 Å². The zero-order valence-corrected chi connectivity index (χ0v) is 27.7. The summed E-state index contributed by atoms with van der Waals surface area (Å²) in [6, 6.07) is 5.06. The van der Waals surface area contributed by atoms with Crippen LogP contribution >= 0.6 is 0 Å². The van der Waals surface area contributed by atoms with Crippen molar-refractivity contribution in [2.45, 2.75) is 30.7 Å². The van der Waals surface area contributed by atoms with Gasteiger partial charge >= 0.3 is 23.9 Å². The molecule has 0 radical (unpaired) electrons. The second-order valence-electron chi connectivity index (χ2n) is 11.7. The number of phenolic OH excluding ortho intramolecular Hbond substituents is 12. The predicted octanol–water partition coefficient (Wildman–Crippen LogP) is 0.705. The standard InChI is InChI=1S/C34H28O22/c35-14-1-10(2-15(36)23(14)43)30(48)52-9-22-28(54-31(49)11-3-16(37)24(44)17(38)4-11)27(47)29(55-32(50)12-5-18(39)25(45)19(40)6-12)34(53-22)56-33(51)13-7-20(41)26(46)21(42)8-13/h1-8,22,27-29,34-47H,9H2/t22?,27-,28+,29?,34-/m0/s1. The van der Waals surface area contributed by atoms with Gasteiger partial charge in [-0.3, -0.25) is 0 Å². The monoisotopic (exact) mass is 788 g/mol. The molecule has 22 heteroatoms. The Morgan fingerprint density at radius 1 is 0.446 bits per heavy atom. The Labute approximate surface area is 310 Å². The van der Waals surface area contributed by atoms with Crippen LogP contribution in [0.1, 0.15) is 41.4 Å². The molecular formula is C34H28O22. The van der Waals surface area contributed by atoms with Gasteiger partial charge in [0.05, 0.1) is 22.3 Å². The fourth-order valence-electron chi connectivity index (χ4n) is 5.08. The van der Waals surface area contributed by atoms with Crippen LogP contribution in [-0.2, 0) is 23.7 Å². The third-order valence-corrected chi connectivity index (χ3v) is 7.93. The van der Waals surface area contributed by atoms with Crippen LogP contribution in [0.2, 0.25) is 0 Å². The first-order chi connectivity index (χ1) is 26.3. The van der Waals surface area contributed by atoms with E-state index in [-0.39, 0.29) is 0 Å². The Morgan fingerprint density at radius 3 is 1.07 bits per heavy atom. The van der Waals surface area contributed by atoms with Crippen molar-refractivity contribution in [2.75, 3.05) is 6.61 Å². The molecular weight excluding hydrogens is 760 g/mol. The average molecular weight is 789 g/mol. The van der Waals surface area contributed by atoms with Crippen molar-refractivity contribution < 1.29 is 109 Å². The van der Waals surface area contributed by atoms with E-state index >= 15 is 0 Å². The molecule has 56 heavy (non-hydrogen) atoms. The van der Waals surface area contributed by atoms with E-state index in [0.29, 0.717) is 48.5 Å². The van der Waals surface area contributed by atoms with Crippen molar-refractivity contribution in [2.24, 2.45) is 0 Å². The molecule has 22 nitrogen and oxygen atoms in total. The third kappa shape index (κ3) is 7.95. The summed E-state index contributed by atoms with van der Waals surface area (Å²) in [6.45, 7) is -1.09. The summed E-state index contributed by atoms with van der Waals surface area (Å²) in [6.07, 6.45) is -11.2. The molecule has 296 valence electrons. The van der Waals surface area contributed by atoms with E-state index < -0.39 is 152 Å². The minimum atomic E-state index is -2.40. The van der Waals surface area contributed by atoms with E-state index in [9.17, 15) is 85.6 Å². The molecule has 0 saturated carbocycles. The number of phenols is 12. The molecule has 1 fully saturated rings. The van der Waals surface area contributed by atoms with Crippen LogP contribution < -0.4 is 0 Å². The number of rotatable bonds is 9. The summed E-state index contributed by atoms with van der Waals surface area (Å²) < 4.78 is 26.7. The van der Waals surface area contributed by atoms with Crippen molar-refractivity contribution in [3.05, 3.63) is 70.8 Å². The normalized spacial score (nSPS) is 19.1. The van der Waals surface area contributed by atoms with Crippen molar-refractivity contribution in [3.63, 3.8) is 0 Å². The topological polar surface area (TPSA) is 377 Å². The number of benzene rings is 4. The van der Waals surface area contributed by atoms with Crippen LogP contribution in [-0.4, -0.2) is 128 Å². The van der Waals surface area contributed by atoms with Crippen LogP contribution in [0.5, 0.6) is 69.0 Å². The van der Waals surface area contributed by atoms with Gasteiger partial charge in [-0.2, -0.15) is 0 Å². The van der Waals surface area contributed by atoms with Crippen LogP contribution in [0.3, 0.4) is 0 Å². The molecule has 1 aliphatic heterocycles. The molecule has 1 aliphatic rings. The van der Waals surface area contributed by atoms with Crippen molar-refractivity contribution in [1.82, 2.24) is 0 Å². The van der Waals surface area contributed by atoms with Gasteiger partial charge < -0.3 is 90.1 Å². The lowest BCUT2D eigenvalue weighted by Gasteiger charge is -2.42. The lowest BCUT2D eigenvalue weighted by atomic mass is 9.98.